The molecule has 0 aliphatic heterocycles. The van der Waals surface area contributed by atoms with Crippen LogP contribution in [0.25, 0.3) is 66.1 Å². The van der Waals surface area contributed by atoms with E-state index in [4.69, 9.17) is 4.42 Å². The number of hydrogen-bond acceptors (Lipinski definition) is 2. The lowest BCUT2D eigenvalue weighted by Crippen LogP contribution is -2.11. The predicted molar refractivity (Wildman–Crippen MR) is 202 cm³/mol. The van der Waals surface area contributed by atoms with Crippen LogP contribution in [-0.2, 0) is 0 Å². The maximum Gasteiger partial charge on any atom is 0.143 e. The number of furan rings is 1. The van der Waals surface area contributed by atoms with Gasteiger partial charge in [0.15, 0.2) is 0 Å². The van der Waals surface area contributed by atoms with Crippen LogP contribution in [0.5, 0.6) is 0 Å². The zero-order valence-electron chi connectivity index (χ0n) is 26.3. The molecule has 8 aromatic carbocycles. The first-order valence-corrected chi connectivity index (χ1v) is 16.3. The number of para-hydroxylation sites is 1. The van der Waals surface area contributed by atoms with Crippen molar-refractivity contribution in [2.24, 2.45) is 0 Å². The molecule has 0 saturated carbocycles. The van der Waals surface area contributed by atoms with E-state index in [1.165, 1.54) is 27.6 Å². The lowest BCUT2D eigenvalue weighted by Gasteiger charge is -2.28. The highest BCUT2D eigenvalue weighted by Gasteiger charge is 2.19. The summed E-state index contributed by atoms with van der Waals surface area (Å²) in [7, 11) is 0. The second kappa shape index (κ2) is 11.8. The second-order valence-corrected chi connectivity index (χ2v) is 12.2. The molecule has 0 amide bonds. The van der Waals surface area contributed by atoms with Gasteiger partial charge in [0.2, 0.25) is 0 Å². The van der Waals surface area contributed by atoms with Gasteiger partial charge < -0.3 is 9.32 Å². The average Bonchev–Trinajstić information content (AvgIpc) is 3.55. The highest BCUT2D eigenvalue weighted by molar-refractivity contribution is 6.15. The summed E-state index contributed by atoms with van der Waals surface area (Å²) < 4.78 is 6.65. The van der Waals surface area contributed by atoms with Crippen molar-refractivity contribution < 1.29 is 4.42 Å². The van der Waals surface area contributed by atoms with Gasteiger partial charge in [-0.2, -0.15) is 0 Å². The molecule has 2 nitrogen and oxygen atoms in total. The molecule has 0 N–H and O–H groups in total. The van der Waals surface area contributed by atoms with E-state index in [0.29, 0.717) is 0 Å². The highest BCUT2D eigenvalue weighted by atomic mass is 16.3. The van der Waals surface area contributed by atoms with Crippen LogP contribution in [-0.4, -0.2) is 0 Å². The van der Waals surface area contributed by atoms with Crippen LogP contribution in [0, 0.1) is 0 Å². The summed E-state index contributed by atoms with van der Waals surface area (Å²) in [5, 5.41) is 4.55. The third-order valence-corrected chi connectivity index (χ3v) is 9.29. The zero-order valence-corrected chi connectivity index (χ0v) is 26.3. The van der Waals surface area contributed by atoms with Crippen molar-refractivity contribution in [2.75, 3.05) is 4.90 Å². The third-order valence-electron chi connectivity index (χ3n) is 9.29. The van der Waals surface area contributed by atoms with Crippen LogP contribution in [0.15, 0.2) is 192 Å². The van der Waals surface area contributed by atoms with Gasteiger partial charge in [0.1, 0.15) is 11.2 Å². The standard InChI is InChI=1S/C46H31NO/c1-3-11-32(12-4-1)34-19-21-37(22-20-34)40-16-9-10-18-44(40)47(38-26-23-35(24-27-38)33-13-5-2-6-14-33)39-28-30-42-43-29-25-36-15-7-8-17-41(36)46(43)48-45(42)31-39/h1-31H. The summed E-state index contributed by atoms with van der Waals surface area (Å²) in [6.07, 6.45) is 0. The first-order valence-electron chi connectivity index (χ1n) is 16.3. The van der Waals surface area contributed by atoms with Crippen molar-refractivity contribution in [2.45, 2.75) is 0 Å². The third kappa shape index (κ3) is 4.92. The first kappa shape index (κ1) is 27.9. The van der Waals surface area contributed by atoms with Gasteiger partial charge >= 0.3 is 0 Å². The van der Waals surface area contributed by atoms with E-state index in [2.05, 4.69) is 193 Å². The minimum Gasteiger partial charge on any atom is -0.455 e. The van der Waals surface area contributed by atoms with Crippen molar-refractivity contribution in [3.63, 3.8) is 0 Å². The first-order chi connectivity index (χ1) is 23.8. The fourth-order valence-corrected chi connectivity index (χ4v) is 6.88. The topological polar surface area (TPSA) is 16.4 Å². The van der Waals surface area contributed by atoms with Gasteiger partial charge in [-0.1, -0.05) is 146 Å². The van der Waals surface area contributed by atoms with Gasteiger partial charge in [-0.05, 0) is 69.6 Å². The van der Waals surface area contributed by atoms with E-state index >= 15 is 0 Å². The Morgan fingerprint density at radius 1 is 0.354 bits per heavy atom. The Labute approximate surface area is 279 Å². The number of fused-ring (bicyclic) bond motifs is 5. The molecule has 0 aliphatic rings. The quantitative estimate of drug-likeness (QED) is 0.185. The van der Waals surface area contributed by atoms with Gasteiger partial charge in [-0.15, -0.1) is 0 Å². The minimum absolute atomic E-state index is 0.870. The lowest BCUT2D eigenvalue weighted by molar-refractivity contribution is 0.672. The Balaban J connectivity index is 1.20. The minimum atomic E-state index is 0.870. The number of benzene rings is 8. The molecule has 9 aromatic rings. The van der Waals surface area contributed by atoms with Crippen molar-refractivity contribution in [3.05, 3.63) is 188 Å². The second-order valence-electron chi connectivity index (χ2n) is 12.2. The Morgan fingerprint density at radius 3 is 1.62 bits per heavy atom. The van der Waals surface area contributed by atoms with Crippen molar-refractivity contribution in [1.82, 2.24) is 0 Å². The van der Waals surface area contributed by atoms with Gasteiger partial charge in [0, 0.05) is 39.2 Å². The summed E-state index contributed by atoms with van der Waals surface area (Å²) in [5.74, 6) is 0. The molecule has 0 unspecified atom stereocenters. The Morgan fingerprint density at radius 2 is 0.896 bits per heavy atom. The van der Waals surface area contributed by atoms with Crippen LogP contribution < -0.4 is 4.90 Å². The smallest absolute Gasteiger partial charge is 0.143 e. The molecule has 0 fully saturated rings. The molecule has 1 aromatic heterocycles. The van der Waals surface area contributed by atoms with Gasteiger partial charge in [0.05, 0.1) is 5.69 Å². The number of rotatable bonds is 6. The molecule has 0 saturated heterocycles. The molecule has 9 rings (SSSR count). The highest BCUT2D eigenvalue weighted by Crippen LogP contribution is 2.44. The normalized spacial score (nSPS) is 11.3. The predicted octanol–water partition coefficient (Wildman–Crippen LogP) is 13.2. The van der Waals surface area contributed by atoms with Crippen LogP contribution >= 0.6 is 0 Å². The van der Waals surface area contributed by atoms with E-state index in [1.807, 2.05) is 0 Å². The molecule has 48 heavy (non-hydrogen) atoms. The average molecular weight is 614 g/mol. The summed E-state index contributed by atoms with van der Waals surface area (Å²) in [4.78, 5) is 2.35. The lowest BCUT2D eigenvalue weighted by atomic mass is 9.98. The van der Waals surface area contributed by atoms with Crippen molar-refractivity contribution in [3.8, 4) is 33.4 Å². The maximum absolute atomic E-state index is 6.65. The molecule has 0 radical (unpaired) electrons. The molecule has 1 heterocycles. The van der Waals surface area contributed by atoms with Crippen molar-refractivity contribution in [1.29, 1.82) is 0 Å². The molecule has 0 spiro atoms. The summed E-state index contributed by atoms with van der Waals surface area (Å²) in [5.41, 5.74) is 12.1. The summed E-state index contributed by atoms with van der Waals surface area (Å²) in [6.45, 7) is 0. The van der Waals surface area contributed by atoms with Gasteiger partial charge in [0.25, 0.3) is 0 Å². The van der Waals surface area contributed by atoms with E-state index < -0.39 is 0 Å². The van der Waals surface area contributed by atoms with Gasteiger partial charge in [-0.25, -0.2) is 0 Å². The molecule has 0 aliphatic carbocycles. The Bertz CT molecular complexity index is 2530. The molecule has 0 atom stereocenters. The summed E-state index contributed by atoms with van der Waals surface area (Å²) in [6, 6.07) is 66.8. The van der Waals surface area contributed by atoms with Crippen LogP contribution in [0.4, 0.5) is 17.1 Å². The maximum atomic E-state index is 6.65. The fourth-order valence-electron chi connectivity index (χ4n) is 6.88. The van der Waals surface area contributed by atoms with E-state index in [-0.39, 0.29) is 0 Å². The number of nitrogens with zero attached hydrogens (tertiary/aromatic N) is 1. The number of anilines is 3. The Hall–Kier alpha value is -6.38. The molecular weight excluding hydrogens is 583 g/mol. The van der Waals surface area contributed by atoms with E-state index in [0.717, 1.165) is 55.5 Å². The van der Waals surface area contributed by atoms with Crippen LogP contribution in [0.2, 0.25) is 0 Å². The van der Waals surface area contributed by atoms with E-state index in [1.54, 1.807) is 0 Å². The zero-order chi connectivity index (χ0) is 31.9. The van der Waals surface area contributed by atoms with Crippen LogP contribution in [0.1, 0.15) is 0 Å². The molecule has 226 valence electrons. The molecule has 0 bridgehead atoms. The monoisotopic (exact) mass is 613 g/mol. The van der Waals surface area contributed by atoms with Gasteiger partial charge in [-0.3, -0.25) is 0 Å². The van der Waals surface area contributed by atoms with Crippen molar-refractivity contribution >= 4 is 49.8 Å². The molecular formula is C46H31NO. The number of hydrogen-bond donors (Lipinski definition) is 0. The SMILES string of the molecule is c1ccc(-c2ccc(-c3ccccc3N(c3ccc(-c4ccccc4)cc3)c3ccc4c(c3)oc3c5ccccc5ccc43)cc2)cc1. The largest absolute Gasteiger partial charge is 0.455 e. The van der Waals surface area contributed by atoms with Crippen LogP contribution in [0.3, 0.4) is 0 Å². The molecule has 2 heteroatoms. The van der Waals surface area contributed by atoms with E-state index in [9.17, 15) is 0 Å². The summed E-state index contributed by atoms with van der Waals surface area (Å²) >= 11 is 0. The fraction of sp³-hybridized carbons (Fsp3) is 0. The Kier molecular flexibility index (Phi) is 6.84.